The number of aromatic nitrogens is 3. The number of fused-ring (bicyclic) bond motifs is 3. The minimum atomic E-state index is 0.679. The van der Waals surface area contributed by atoms with Gasteiger partial charge in [0, 0.05) is 6.42 Å². The zero-order chi connectivity index (χ0) is 12.5. The molecule has 2 N–H and O–H groups in total. The molecule has 0 spiro atoms. The van der Waals surface area contributed by atoms with Gasteiger partial charge in [0.1, 0.15) is 5.82 Å². The highest BCUT2D eigenvalue weighted by molar-refractivity contribution is 5.82. The first-order valence-corrected chi connectivity index (χ1v) is 6.23. The summed E-state index contributed by atoms with van der Waals surface area (Å²) >= 11 is 0. The Kier molecular flexibility index (Phi) is 2.72. The largest absolute Gasteiger partial charge is 0.330 e. The molecule has 0 saturated heterocycles. The van der Waals surface area contributed by atoms with Crippen molar-refractivity contribution < 1.29 is 0 Å². The molecule has 0 bridgehead atoms. The fraction of sp³-hybridized carbons (Fsp3) is 0.286. The van der Waals surface area contributed by atoms with E-state index in [4.69, 9.17) is 5.73 Å². The number of nitrogens with zero attached hydrogens (tertiary/aromatic N) is 3. The van der Waals surface area contributed by atoms with Gasteiger partial charge >= 0.3 is 0 Å². The SMILES string of the molecule is Cc1ccc2c(ccc3nnc(CCCN)n32)c1. The predicted octanol–water partition coefficient (Wildman–Crippen LogP) is 2.08. The molecule has 1 aromatic carbocycles. The van der Waals surface area contributed by atoms with Gasteiger partial charge in [-0.3, -0.25) is 4.40 Å². The summed E-state index contributed by atoms with van der Waals surface area (Å²) in [6.45, 7) is 2.78. The lowest BCUT2D eigenvalue weighted by Crippen LogP contribution is -2.03. The summed E-state index contributed by atoms with van der Waals surface area (Å²) in [6.07, 6.45) is 1.80. The van der Waals surface area contributed by atoms with E-state index in [1.165, 1.54) is 10.9 Å². The highest BCUT2D eigenvalue weighted by Crippen LogP contribution is 2.19. The van der Waals surface area contributed by atoms with Crippen LogP contribution in [0.3, 0.4) is 0 Å². The molecule has 0 aliphatic rings. The van der Waals surface area contributed by atoms with Crippen LogP contribution in [0.5, 0.6) is 0 Å². The van der Waals surface area contributed by atoms with Crippen LogP contribution in [0.15, 0.2) is 30.3 Å². The molecule has 0 atom stereocenters. The van der Waals surface area contributed by atoms with Crippen molar-refractivity contribution >= 4 is 16.6 Å². The predicted molar refractivity (Wildman–Crippen MR) is 72.6 cm³/mol. The zero-order valence-electron chi connectivity index (χ0n) is 10.4. The molecule has 3 rings (SSSR count). The highest BCUT2D eigenvalue weighted by Gasteiger charge is 2.08. The number of hydrogen-bond donors (Lipinski definition) is 1. The maximum Gasteiger partial charge on any atom is 0.161 e. The molecule has 0 saturated carbocycles. The van der Waals surface area contributed by atoms with Gasteiger partial charge in [0.25, 0.3) is 0 Å². The summed E-state index contributed by atoms with van der Waals surface area (Å²) in [5.74, 6) is 0.991. The van der Waals surface area contributed by atoms with E-state index >= 15 is 0 Å². The number of hydrogen-bond acceptors (Lipinski definition) is 3. The average molecular weight is 240 g/mol. The summed E-state index contributed by atoms with van der Waals surface area (Å²) in [5, 5.41) is 9.70. The standard InChI is InChI=1S/C14H16N4/c1-10-4-6-12-11(9-10)5-7-14-17-16-13(18(12)14)3-2-8-15/h4-7,9H,2-3,8,15H2,1H3. The normalized spacial score (nSPS) is 11.4. The molecule has 0 amide bonds. The van der Waals surface area contributed by atoms with Gasteiger partial charge in [-0.1, -0.05) is 11.6 Å². The van der Waals surface area contributed by atoms with Crippen molar-refractivity contribution in [2.24, 2.45) is 5.73 Å². The van der Waals surface area contributed by atoms with E-state index in [2.05, 4.69) is 45.8 Å². The van der Waals surface area contributed by atoms with Crippen LogP contribution in [0.25, 0.3) is 16.6 Å². The number of nitrogens with two attached hydrogens (primary N) is 1. The quantitative estimate of drug-likeness (QED) is 0.762. The minimum Gasteiger partial charge on any atom is -0.330 e. The van der Waals surface area contributed by atoms with Crippen molar-refractivity contribution in [1.29, 1.82) is 0 Å². The van der Waals surface area contributed by atoms with Crippen molar-refractivity contribution in [2.75, 3.05) is 6.54 Å². The minimum absolute atomic E-state index is 0.679. The van der Waals surface area contributed by atoms with E-state index in [1.807, 2.05) is 6.07 Å². The molecule has 2 heterocycles. The third kappa shape index (κ3) is 1.75. The Labute approximate surface area is 105 Å². The van der Waals surface area contributed by atoms with Gasteiger partial charge in [-0.15, -0.1) is 10.2 Å². The van der Waals surface area contributed by atoms with Crippen LogP contribution in [0.2, 0.25) is 0 Å². The third-order valence-electron chi connectivity index (χ3n) is 3.20. The Bertz CT molecular complexity index is 699. The van der Waals surface area contributed by atoms with Gasteiger partial charge in [0.15, 0.2) is 5.65 Å². The van der Waals surface area contributed by atoms with Gasteiger partial charge in [-0.05, 0) is 49.5 Å². The van der Waals surface area contributed by atoms with Gasteiger partial charge in [0.05, 0.1) is 5.52 Å². The number of pyridine rings is 1. The van der Waals surface area contributed by atoms with Crippen molar-refractivity contribution in [3.63, 3.8) is 0 Å². The molecule has 4 heteroatoms. The Morgan fingerprint density at radius 2 is 2.06 bits per heavy atom. The Balaban J connectivity index is 2.26. The lowest BCUT2D eigenvalue weighted by Gasteiger charge is -2.05. The first kappa shape index (κ1) is 11.2. The van der Waals surface area contributed by atoms with Crippen LogP contribution in [-0.4, -0.2) is 21.1 Å². The van der Waals surface area contributed by atoms with Gasteiger partial charge in [-0.25, -0.2) is 0 Å². The maximum absolute atomic E-state index is 5.56. The van der Waals surface area contributed by atoms with Crippen LogP contribution in [0.4, 0.5) is 0 Å². The monoisotopic (exact) mass is 240 g/mol. The number of aryl methyl sites for hydroxylation is 2. The molecule has 0 fully saturated rings. The smallest absolute Gasteiger partial charge is 0.161 e. The first-order chi connectivity index (χ1) is 8.79. The van der Waals surface area contributed by atoms with E-state index in [0.29, 0.717) is 6.54 Å². The molecular formula is C14H16N4. The number of rotatable bonds is 3. The van der Waals surface area contributed by atoms with E-state index in [1.54, 1.807) is 0 Å². The summed E-state index contributed by atoms with van der Waals surface area (Å²) in [7, 11) is 0. The summed E-state index contributed by atoms with van der Waals surface area (Å²) in [5.41, 5.74) is 8.89. The van der Waals surface area contributed by atoms with E-state index < -0.39 is 0 Å². The summed E-state index contributed by atoms with van der Waals surface area (Å²) < 4.78 is 2.13. The van der Waals surface area contributed by atoms with Crippen LogP contribution in [0.1, 0.15) is 17.8 Å². The fourth-order valence-electron chi connectivity index (χ4n) is 2.30. The molecule has 2 aromatic heterocycles. The highest BCUT2D eigenvalue weighted by atomic mass is 15.2. The Morgan fingerprint density at radius 1 is 1.17 bits per heavy atom. The van der Waals surface area contributed by atoms with Crippen molar-refractivity contribution in [3.05, 3.63) is 41.7 Å². The lowest BCUT2D eigenvalue weighted by molar-refractivity contribution is 0.775. The van der Waals surface area contributed by atoms with Crippen LogP contribution >= 0.6 is 0 Å². The maximum atomic E-state index is 5.56. The third-order valence-corrected chi connectivity index (χ3v) is 3.20. The summed E-state index contributed by atoms with van der Waals surface area (Å²) in [6, 6.07) is 10.5. The van der Waals surface area contributed by atoms with Crippen LogP contribution in [0, 0.1) is 6.92 Å². The Hall–Kier alpha value is -1.94. The van der Waals surface area contributed by atoms with Gasteiger partial charge in [0.2, 0.25) is 0 Å². The second-order valence-electron chi connectivity index (χ2n) is 4.60. The topological polar surface area (TPSA) is 56.2 Å². The van der Waals surface area contributed by atoms with Crippen molar-refractivity contribution in [3.8, 4) is 0 Å². The van der Waals surface area contributed by atoms with Gasteiger partial charge in [-0.2, -0.15) is 0 Å². The molecule has 18 heavy (non-hydrogen) atoms. The molecule has 0 aliphatic carbocycles. The Morgan fingerprint density at radius 3 is 2.89 bits per heavy atom. The molecule has 92 valence electrons. The van der Waals surface area contributed by atoms with Crippen LogP contribution in [-0.2, 0) is 6.42 Å². The van der Waals surface area contributed by atoms with Crippen LogP contribution < -0.4 is 5.73 Å². The average Bonchev–Trinajstić information content (AvgIpc) is 2.79. The fourth-order valence-corrected chi connectivity index (χ4v) is 2.30. The molecule has 3 aromatic rings. The molecule has 4 nitrogen and oxygen atoms in total. The molecule has 0 aliphatic heterocycles. The second kappa shape index (κ2) is 4.38. The van der Waals surface area contributed by atoms with Crippen molar-refractivity contribution in [1.82, 2.24) is 14.6 Å². The van der Waals surface area contributed by atoms with E-state index in [-0.39, 0.29) is 0 Å². The summed E-state index contributed by atoms with van der Waals surface area (Å²) in [4.78, 5) is 0. The van der Waals surface area contributed by atoms with E-state index in [9.17, 15) is 0 Å². The van der Waals surface area contributed by atoms with Gasteiger partial charge < -0.3 is 5.73 Å². The zero-order valence-corrected chi connectivity index (χ0v) is 10.4. The second-order valence-corrected chi connectivity index (χ2v) is 4.60. The van der Waals surface area contributed by atoms with Crippen molar-refractivity contribution in [2.45, 2.75) is 19.8 Å². The first-order valence-electron chi connectivity index (χ1n) is 6.23. The molecule has 0 unspecified atom stereocenters. The molecule has 0 radical (unpaired) electrons. The lowest BCUT2D eigenvalue weighted by atomic mass is 10.1. The molecular weight excluding hydrogens is 224 g/mol. The van der Waals surface area contributed by atoms with E-state index in [0.717, 1.165) is 29.8 Å². The number of benzene rings is 1.